The first-order valence-electron chi connectivity index (χ1n) is 21.1. The summed E-state index contributed by atoms with van der Waals surface area (Å²) >= 11 is 0. The smallest absolute Gasteiger partial charge is 0.178 e. The predicted octanol–water partition coefficient (Wildman–Crippen LogP) is 13.8. The van der Waals surface area contributed by atoms with Crippen LogP contribution in [0.5, 0.6) is 23.0 Å². The summed E-state index contributed by atoms with van der Waals surface area (Å²) in [6.07, 6.45) is 1.81. The fourth-order valence-corrected chi connectivity index (χ4v) is 9.90. The topological polar surface area (TPSA) is 70.0 Å². The molecule has 0 amide bonds. The van der Waals surface area contributed by atoms with Crippen LogP contribution in [-0.4, -0.2) is 19.9 Å². The molecule has 294 valence electrons. The highest BCUT2D eigenvalue weighted by Gasteiger charge is 2.53. The molecule has 0 saturated carbocycles. The molecule has 6 heteroatoms. The Morgan fingerprint density at radius 2 is 0.921 bits per heavy atom. The van der Waals surface area contributed by atoms with Crippen molar-refractivity contribution >= 4 is 0 Å². The largest absolute Gasteiger partial charge is 0.449 e. The van der Waals surface area contributed by atoms with Crippen LogP contribution in [0.2, 0.25) is 0 Å². The summed E-state index contributed by atoms with van der Waals surface area (Å²) in [6.45, 7) is 0. The van der Waals surface area contributed by atoms with Crippen LogP contribution in [0.25, 0.3) is 78.8 Å². The van der Waals surface area contributed by atoms with Gasteiger partial charge in [-0.05, 0) is 92.5 Å². The highest BCUT2D eigenvalue weighted by atomic mass is 16.6. The molecule has 2 aromatic heterocycles. The van der Waals surface area contributed by atoms with Gasteiger partial charge < -0.3 is 9.47 Å². The molecule has 3 heterocycles. The van der Waals surface area contributed by atoms with Gasteiger partial charge in [-0.3, -0.25) is 4.98 Å². The summed E-state index contributed by atoms with van der Waals surface area (Å²) in [5.74, 6) is 4.71. The number of hydrogen-bond donors (Lipinski definition) is 0. The van der Waals surface area contributed by atoms with Crippen molar-refractivity contribution in [3.63, 3.8) is 0 Å². The second-order valence-corrected chi connectivity index (χ2v) is 16.1. The van der Waals surface area contributed by atoms with Gasteiger partial charge in [0.2, 0.25) is 0 Å². The van der Waals surface area contributed by atoms with Crippen molar-refractivity contribution in [1.29, 1.82) is 0 Å². The molecule has 3 aliphatic rings. The van der Waals surface area contributed by atoms with Crippen molar-refractivity contribution < 1.29 is 9.47 Å². The monoisotopic (exact) mass is 806 g/mol. The van der Waals surface area contributed by atoms with Crippen molar-refractivity contribution in [1.82, 2.24) is 19.9 Å². The molecule has 0 radical (unpaired) electrons. The SMILES string of the molecule is c1ccc(-c2nc(-c3ccc(-c4ccc5c(c4)C4(c6ccccc6-c6ccccc64)c4ccc6c(c4-5)Oc4ccccc4O6)cc3)nc(-c3cccc(-c4ccccn4)c3)n2)cc1. The average molecular weight is 807 g/mol. The number of aromatic nitrogens is 4. The Hall–Kier alpha value is -8.48. The van der Waals surface area contributed by atoms with Crippen molar-refractivity contribution in [2.75, 3.05) is 0 Å². The van der Waals surface area contributed by atoms with Crippen LogP contribution in [0.3, 0.4) is 0 Å². The number of pyridine rings is 1. The Bertz CT molecular complexity index is 3410. The molecule has 13 rings (SSSR count). The Labute approximate surface area is 363 Å². The van der Waals surface area contributed by atoms with Crippen LogP contribution >= 0.6 is 0 Å². The van der Waals surface area contributed by atoms with E-state index in [-0.39, 0.29) is 0 Å². The minimum Gasteiger partial charge on any atom is -0.449 e. The highest BCUT2D eigenvalue weighted by molar-refractivity contribution is 5.98. The van der Waals surface area contributed by atoms with Crippen LogP contribution in [-0.2, 0) is 5.41 Å². The molecule has 1 spiro atoms. The molecule has 0 fully saturated rings. The maximum Gasteiger partial charge on any atom is 0.178 e. The van der Waals surface area contributed by atoms with E-state index in [4.69, 9.17) is 24.4 Å². The van der Waals surface area contributed by atoms with Gasteiger partial charge >= 0.3 is 0 Å². The van der Waals surface area contributed by atoms with Crippen LogP contribution in [0, 0.1) is 0 Å². The van der Waals surface area contributed by atoms with Gasteiger partial charge in [0.15, 0.2) is 40.5 Å². The highest BCUT2D eigenvalue weighted by Crippen LogP contribution is 2.66. The van der Waals surface area contributed by atoms with E-state index in [1.54, 1.807) is 0 Å². The maximum absolute atomic E-state index is 6.78. The third kappa shape index (κ3) is 5.38. The fraction of sp³-hybridized carbons (Fsp3) is 0.0175. The van der Waals surface area contributed by atoms with Gasteiger partial charge in [-0.15, -0.1) is 0 Å². The molecular weight excluding hydrogens is 773 g/mol. The van der Waals surface area contributed by atoms with E-state index in [9.17, 15) is 0 Å². The maximum atomic E-state index is 6.78. The lowest BCUT2D eigenvalue weighted by molar-refractivity contribution is 0.360. The summed E-state index contributed by atoms with van der Waals surface area (Å²) < 4.78 is 13.3. The van der Waals surface area contributed by atoms with Crippen LogP contribution in [0.1, 0.15) is 22.3 Å². The van der Waals surface area contributed by atoms with Crippen LogP contribution in [0.15, 0.2) is 206 Å². The molecule has 0 saturated heterocycles. The predicted molar refractivity (Wildman–Crippen MR) is 248 cm³/mol. The van der Waals surface area contributed by atoms with E-state index < -0.39 is 5.41 Å². The Balaban J connectivity index is 0.945. The third-order valence-corrected chi connectivity index (χ3v) is 12.7. The number of ether oxygens (including phenoxy) is 2. The molecule has 0 bridgehead atoms. The van der Waals surface area contributed by atoms with Crippen molar-refractivity contribution in [2.45, 2.75) is 5.41 Å². The zero-order valence-electron chi connectivity index (χ0n) is 33.7. The van der Waals surface area contributed by atoms with E-state index >= 15 is 0 Å². The third-order valence-electron chi connectivity index (χ3n) is 12.7. The van der Waals surface area contributed by atoms with Gasteiger partial charge in [-0.1, -0.05) is 158 Å². The second-order valence-electron chi connectivity index (χ2n) is 16.1. The number of rotatable bonds is 5. The average Bonchev–Trinajstić information content (AvgIpc) is 3.83. The summed E-state index contributed by atoms with van der Waals surface area (Å²) in [6, 6.07) is 69.6. The van der Waals surface area contributed by atoms with Gasteiger partial charge in [0.25, 0.3) is 0 Å². The summed E-state index contributed by atoms with van der Waals surface area (Å²) in [5, 5.41) is 0. The minimum atomic E-state index is -0.563. The standard InChI is InChI=1S/C57H34N4O2/c1-2-13-36(14-3-1)54-59-55(61-56(60-54)40-16-12-15-39(33-40)48-21-10-11-32-58-48)37-26-24-35(25-27-37)38-28-29-43-47(34-38)57(44-19-6-4-17-41(44)42-18-5-7-20-45(42)57)46-30-31-51-53(52(43)46)63-50-23-9-8-22-49(50)62-51/h1-34H. The molecular formula is C57H34N4O2. The number of benzene rings is 8. The second kappa shape index (κ2) is 13.8. The summed E-state index contributed by atoms with van der Waals surface area (Å²) in [4.78, 5) is 19.7. The first-order chi connectivity index (χ1) is 31.2. The van der Waals surface area contributed by atoms with Crippen molar-refractivity contribution in [3.8, 4) is 102 Å². The first kappa shape index (κ1) is 35.3. The van der Waals surface area contributed by atoms with Gasteiger partial charge in [-0.25, -0.2) is 15.0 Å². The van der Waals surface area contributed by atoms with Crippen LogP contribution in [0.4, 0.5) is 0 Å². The van der Waals surface area contributed by atoms with E-state index in [1.807, 2.05) is 91.1 Å². The van der Waals surface area contributed by atoms with Crippen molar-refractivity contribution in [2.24, 2.45) is 0 Å². The summed E-state index contributed by atoms with van der Waals surface area (Å²) in [5.41, 5.74) is 15.9. The summed E-state index contributed by atoms with van der Waals surface area (Å²) in [7, 11) is 0. The van der Waals surface area contributed by atoms with E-state index in [2.05, 4.69) is 120 Å². The Kier molecular flexibility index (Phi) is 7.72. The molecule has 0 atom stereocenters. The van der Waals surface area contributed by atoms with Gasteiger partial charge in [0.1, 0.15) is 0 Å². The fourth-order valence-electron chi connectivity index (χ4n) is 9.90. The molecule has 63 heavy (non-hydrogen) atoms. The lowest BCUT2D eigenvalue weighted by Crippen LogP contribution is -2.26. The zero-order chi connectivity index (χ0) is 41.5. The normalized spacial score (nSPS) is 13.1. The number of fused-ring (bicyclic) bond motifs is 13. The molecule has 0 N–H and O–H groups in total. The molecule has 0 unspecified atom stereocenters. The quantitative estimate of drug-likeness (QED) is 0.173. The lowest BCUT2D eigenvalue weighted by Gasteiger charge is -2.31. The number of nitrogens with zero attached hydrogens (tertiary/aromatic N) is 4. The Morgan fingerprint density at radius 1 is 0.333 bits per heavy atom. The van der Waals surface area contributed by atoms with E-state index in [0.29, 0.717) is 34.7 Å². The van der Waals surface area contributed by atoms with E-state index in [0.717, 1.165) is 56.0 Å². The molecule has 6 nitrogen and oxygen atoms in total. The van der Waals surface area contributed by atoms with Crippen molar-refractivity contribution in [3.05, 3.63) is 229 Å². The molecule has 1 aliphatic heterocycles. The number of hydrogen-bond acceptors (Lipinski definition) is 6. The molecule has 10 aromatic rings. The number of para-hydroxylation sites is 2. The van der Waals surface area contributed by atoms with Gasteiger partial charge in [-0.2, -0.15) is 0 Å². The molecule has 2 aliphatic carbocycles. The minimum absolute atomic E-state index is 0.563. The van der Waals surface area contributed by atoms with Gasteiger partial charge in [0, 0.05) is 34.0 Å². The Morgan fingerprint density at radius 3 is 1.65 bits per heavy atom. The molecule has 8 aromatic carbocycles. The van der Waals surface area contributed by atoms with Gasteiger partial charge in [0.05, 0.1) is 11.1 Å². The van der Waals surface area contributed by atoms with Crippen LogP contribution < -0.4 is 9.47 Å². The zero-order valence-corrected chi connectivity index (χ0v) is 33.7. The first-order valence-corrected chi connectivity index (χ1v) is 21.1. The van der Waals surface area contributed by atoms with E-state index in [1.165, 1.54) is 33.4 Å². The lowest BCUT2D eigenvalue weighted by atomic mass is 9.70.